The van der Waals surface area contributed by atoms with Crippen LogP contribution < -0.4 is 9.47 Å². The van der Waals surface area contributed by atoms with Crippen molar-refractivity contribution in [3.63, 3.8) is 0 Å². The predicted molar refractivity (Wildman–Crippen MR) is 127 cm³/mol. The van der Waals surface area contributed by atoms with Crippen LogP contribution in [0.25, 0.3) is 0 Å². The summed E-state index contributed by atoms with van der Waals surface area (Å²) in [6, 6.07) is 14.7. The molecule has 0 unspecified atom stereocenters. The van der Waals surface area contributed by atoms with E-state index in [1.165, 1.54) is 17.0 Å². The minimum absolute atomic E-state index is 0.120. The van der Waals surface area contributed by atoms with E-state index in [4.69, 9.17) is 24.0 Å². The Hall–Kier alpha value is -3.43. The summed E-state index contributed by atoms with van der Waals surface area (Å²) in [6.45, 7) is 0.304. The van der Waals surface area contributed by atoms with Crippen LogP contribution >= 0.6 is 0 Å². The highest BCUT2D eigenvalue weighted by molar-refractivity contribution is 6.03. The van der Waals surface area contributed by atoms with E-state index in [0.717, 1.165) is 16.8 Å². The molecular weight excluding hydrogens is 438 g/mol. The lowest BCUT2D eigenvalue weighted by atomic mass is 9.97. The van der Waals surface area contributed by atoms with E-state index < -0.39 is 0 Å². The van der Waals surface area contributed by atoms with Crippen molar-refractivity contribution in [1.82, 2.24) is 9.91 Å². The third-order valence-corrected chi connectivity index (χ3v) is 5.58. The quantitative estimate of drug-likeness (QED) is 0.502. The maximum absolute atomic E-state index is 13.5. The Bertz CT molecular complexity index is 1030. The first-order valence-corrected chi connectivity index (χ1v) is 10.9. The summed E-state index contributed by atoms with van der Waals surface area (Å²) >= 11 is 0. The summed E-state index contributed by atoms with van der Waals surface area (Å²) in [4.78, 5) is 27.4. The molecule has 0 aromatic heterocycles. The van der Waals surface area contributed by atoms with Crippen LogP contribution in [0.1, 0.15) is 23.6 Å². The lowest BCUT2D eigenvalue weighted by Crippen LogP contribution is -2.44. The van der Waals surface area contributed by atoms with E-state index in [1.807, 2.05) is 48.5 Å². The van der Waals surface area contributed by atoms with Gasteiger partial charge >= 0.3 is 0 Å². The van der Waals surface area contributed by atoms with Crippen LogP contribution in [0.15, 0.2) is 53.6 Å². The van der Waals surface area contributed by atoms with Gasteiger partial charge in [0.2, 0.25) is 5.91 Å². The van der Waals surface area contributed by atoms with Gasteiger partial charge in [0, 0.05) is 38.3 Å². The minimum atomic E-state index is -0.383. The Kier molecular flexibility index (Phi) is 9.00. The second kappa shape index (κ2) is 12.2. The van der Waals surface area contributed by atoms with Gasteiger partial charge < -0.3 is 23.8 Å². The lowest BCUT2D eigenvalue weighted by Gasteiger charge is -2.27. The molecule has 182 valence electrons. The van der Waals surface area contributed by atoms with Crippen LogP contribution in [-0.4, -0.2) is 82.2 Å². The fourth-order valence-corrected chi connectivity index (χ4v) is 3.85. The van der Waals surface area contributed by atoms with Crippen molar-refractivity contribution in [2.24, 2.45) is 5.10 Å². The summed E-state index contributed by atoms with van der Waals surface area (Å²) in [5, 5.41) is 6.15. The fraction of sp³-hybridized carbons (Fsp3) is 0.400. The number of hydrogen-bond donors (Lipinski definition) is 0. The predicted octanol–water partition coefficient (Wildman–Crippen LogP) is 2.50. The van der Waals surface area contributed by atoms with Gasteiger partial charge in [0.15, 0.2) is 0 Å². The average Bonchev–Trinajstić information content (AvgIpc) is 3.32. The maximum atomic E-state index is 13.5. The highest BCUT2D eigenvalue weighted by Gasteiger charge is 2.35. The van der Waals surface area contributed by atoms with Crippen LogP contribution in [0.3, 0.4) is 0 Å². The van der Waals surface area contributed by atoms with E-state index in [2.05, 4.69) is 0 Å². The van der Waals surface area contributed by atoms with Crippen LogP contribution in [0, 0.1) is 0 Å². The molecule has 34 heavy (non-hydrogen) atoms. The van der Waals surface area contributed by atoms with E-state index in [9.17, 15) is 9.59 Å². The van der Waals surface area contributed by atoms with Gasteiger partial charge in [0.1, 0.15) is 24.7 Å². The number of para-hydroxylation sites is 1. The van der Waals surface area contributed by atoms with Gasteiger partial charge in [-0.15, -0.1) is 0 Å². The van der Waals surface area contributed by atoms with Gasteiger partial charge in [0.05, 0.1) is 32.6 Å². The highest BCUT2D eigenvalue weighted by Crippen LogP contribution is 2.37. The summed E-state index contributed by atoms with van der Waals surface area (Å²) in [6.07, 6.45) is 0.489. The molecule has 1 atom stereocenters. The van der Waals surface area contributed by atoms with E-state index in [0.29, 0.717) is 24.5 Å². The van der Waals surface area contributed by atoms with Crippen LogP contribution in [0.4, 0.5) is 0 Å². The Morgan fingerprint density at radius 2 is 1.82 bits per heavy atom. The number of ether oxygens (including phenoxy) is 4. The van der Waals surface area contributed by atoms with E-state index in [-0.39, 0.29) is 37.6 Å². The zero-order chi connectivity index (χ0) is 24.5. The van der Waals surface area contributed by atoms with Gasteiger partial charge in [-0.3, -0.25) is 9.59 Å². The van der Waals surface area contributed by atoms with Crippen molar-refractivity contribution in [3.05, 3.63) is 59.7 Å². The monoisotopic (exact) mass is 469 g/mol. The highest BCUT2D eigenvalue weighted by atomic mass is 16.5. The van der Waals surface area contributed by atoms with Crippen molar-refractivity contribution in [2.45, 2.75) is 12.5 Å². The zero-order valence-corrected chi connectivity index (χ0v) is 20.0. The maximum Gasteiger partial charge on any atom is 0.262 e. The first-order chi connectivity index (χ1) is 16.5. The topological polar surface area (TPSA) is 89.9 Å². The lowest BCUT2D eigenvalue weighted by molar-refractivity contribution is -0.144. The normalized spacial score (nSPS) is 15.1. The molecule has 9 nitrogen and oxygen atoms in total. The van der Waals surface area contributed by atoms with E-state index >= 15 is 0 Å². The molecule has 1 aliphatic rings. The molecule has 1 heterocycles. The number of amides is 2. The Morgan fingerprint density at radius 1 is 1.03 bits per heavy atom. The second-order valence-electron chi connectivity index (χ2n) is 7.72. The Morgan fingerprint density at radius 3 is 2.53 bits per heavy atom. The fourth-order valence-electron chi connectivity index (χ4n) is 3.85. The van der Waals surface area contributed by atoms with Crippen molar-refractivity contribution < 1.29 is 28.5 Å². The smallest absolute Gasteiger partial charge is 0.262 e. The number of rotatable bonds is 11. The van der Waals surface area contributed by atoms with Crippen LogP contribution in [-0.2, 0) is 19.1 Å². The summed E-state index contributed by atoms with van der Waals surface area (Å²) in [7, 11) is 6.19. The van der Waals surface area contributed by atoms with Crippen molar-refractivity contribution in [3.8, 4) is 11.5 Å². The van der Waals surface area contributed by atoms with Gasteiger partial charge in [-0.1, -0.05) is 30.3 Å². The standard InChI is InChI=1S/C25H31N3O6/c1-31-13-12-27(25(30)17-32-2)16-24(29)28-22(20-10-5-6-11-23(20)34-4)15-21(26-28)18-8-7-9-19(14-18)33-3/h5-11,14,22H,12-13,15-17H2,1-4H3/t22-/m0/s1. The molecule has 0 radical (unpaired) electrons. The van der Waals surface area contributed by atoms with Gasteiger partial charge in [0.25, 0.3) is 5.91 Å². The number of benzene rings is 2. The third kappa shape index (κ3) is 5.92. The van der Waals surface area contributed by atoms with Crippen molar-refractivity contribution >= 4 is 17.5 Å². The van der Waals surface area contributed by atoms with Crippen LogP contribution in [0.2, 0.25) is 0 Å². The number of carbonyl (C=O) groups excluding carboxylic acids is 2. The number of nitrogens with zero attached hydrogens (tertiary/aromatic N) is 3. The molecule has 2 aromatic carbocycles. The van der Waals surface area contributed by atoms with Gasteiger partial charge in [-0.2, -0.15) is 5.10 Å². The minimum Gasteiger partial charge on any atom is -0.497 e. The van der Waals surface area contributed by atoms with Crippen LogP contribution in [0.5, 0.6) is 11.5 Å². The Balaban J connectivity index is 1.94. The molecule has 0 fully saturated rings. The molecule has 0 saturated carbocycles. The average molecular weight is 470 g/mol. The number of hydrogen-bond acceptors (Lipinski definition) is 7. The molecule has 0 bridgehead atoms. The summed E-state index contributed by atoms with van der Waals surface area (Å²) in [5.41, 5.74) is 2.45. The number of hydrazone groups is 1. The van der Waals surface area contributed by atoms with Crippen molar-refractivity contribution in [2.75, 3.05) is 54.7 Å². The largest absolute Gasteiger partial charge is 0.497 e. The third-order valence-electron chi connectivity index (χ3n) is 5.58. The first-order valence-electron chi connectivity index (χ1n) is 10.9. The molecule has 0 aliphatic carbocycles. The molecule has 0 N–H and O–H groups in total. The first kappa shape index (κ1) is 25.2. The molecule has 0 spiro atoms. The molecular formula is C25H31N3O6. The number of carbonyl (C=O) groups is 2. The van der Waals surface area contributed by atoms with Gasteiger partial charge in [-0.05, 0) is 18.2 Å². The molecule has 3 rings (SSSR count). The van der Waals surface area contributed by atoms with Gasteiger partial charge in [-0.25, -0.2) is 5.01 Å². The second-order valence-corrected chi connectivity index (χ2v) is 7.72. The zero-order valence-electron chi connectivity index (χ0n) is 20.0. The molecule has 0 saturated heterocycles. The molecule has 1 aliphatic heterocycles. The Labute approximate surface area is 199 Å². The van der Waals surface area contributed by atoms with E-state index in [1.54, 1.807) is 21.3 Å². The number of methoxy groups -OCH3 is 4. The molecule has 2 aromatic rings. The summed E-state index contributed by atoms with van der Waals surface area (Å²) in [5.74, 6) is 0.765. The molecule has 9 heteroatoms. The molecule has 2 amide bonds. The summed E-state index contributed by atoms with van der Waals surface area (Å²) < 4.78 is 21.0. The van der Waals surface area contributed by atoms with Crippen molar-refractivity contribution in [1.29, 1.82) is 0 Å². The SMILES string of the molecule is COCCN(CC(=O)N1N=C(c2cccc(OC)c2)C[C@H]1c1ccccc1OC)C(=O)COC.